The third-order valence-corrected chi connectivity index (χ3v) is 8.15. The molecule has 1 unspecified atom stereocenters. The van der Waals surface area contributed by atoms with Crippen LogP contribution >= 0.6 is 11.3 Å². The number of methoxy groups -OCH3 is 1. The predicted molar refractivity (Wildman–Crippen MR) is 144 cm³/mol. The number of halogens is 1. The fourth-order valence-corrected chi connectivity index (χ4v) is 6.16. The number of carbonyl (C=O) groups excluding carboxylic acids is 1. The normalized spacial score (nSPS) is 17.4. The average molecular weight is 512 g/mol. The number of aromatic nitrogens is 2. The quantitative estimate of drug-likeness (QED) is 0.270. The molecule has 0 radical (unpaired) electrons. The van der Waals surface area contributed by atoms with E-state index in [1.165, 1.54) is 29.0 Å². The van der Waals surface area contributed by atoms with Crippen LogP contribution in [-0.2, 0) is 11.8 Å². The third-order valence-electron chi connectivity index (χ3n) is 7.29. The molecule has 1 saturated heterocycles. The summed E-state index contributed by atoms with van der Waals surface area (Å²) in [7, 11) is 1.68. The molecule has 37 heavy (non-hydrogen) atoms. The molecule has 3 heterocycles. The summed E-state index contributed by atoms with van der Waals surface area (Å²) in [6, 6.07) is 24.7. The first-order valence-corrected chi connectivity index (χ1v) is 13.1. The largest absolute Gasteiger partial charge is 0.496 e. The van der Waals surface area contributed by atoms with Crippen molar-refractivity contribution >= 4 is 28.1 Å². The SMILES string of the molecule is COc1cc2c(cnn2-c2ccc(F)cc2)cc1C1(Cc2ccccc2)CCN(C(=O)c2cccs2)C1. The minimum absolute atomic E-state index is 0.0779. The van der Waals surface area contributed by atoms with Gasteiger partial charge in [0.25, 0.3) is 5.91 Å². The molecule has 0 aliphatic carbocycles. The Bertz CT molecular complexity index is 1550. The van der Waals surface area contributed by atoms with Gasteiger partial charge in [-0.25, -0.2) is 9.07 Å². The molecule has 186 valence electrons. The Morgan fingerprint density at radius 1 is 1.08 bits per heavy atom. The second-order valence-corrected chi connectivity index (χ2v) is 10.5. The summed E-state index contributed by atoms with van der Waals surface area (Å²) < 4.78 is 21.3. The Balaban J connectivity index is 1.45. The van der Waals surface area contributed by atoms with Crippen LogP contribution in [0.1, 0.15) is 27.2 Å². The van der Waals surface area contributed by atoms with Crippen LogP contribution in [0.4, 0.5) is 4.39 Å². The van der Waals surface area contributed by atoms with E-state index in [0.29, 0.717) is 13.1 Å². The molecule has 6 rings (SSSR count). The Kier molecular flexibility index (Phi) is 6.00. The molecule has 5 aromatic rings. The first kappa shape index (κ1) is 23.4. The van der Waals surface area contributed by atoms with E-state index in [0.717, 1.165) is 45.6 Å². The van der Waals surface area contributed by atoms with Crippen molar-refractivity contribution in [2.24, 2.45) is 0 Å². The number of carbonyl (C=O) groups is 1. The number of benzene rings is 3. The van der Waals surface area contributed by atoms with Gasteiger partial charge in [0, 0.05) is 35.5 Å². The van der Waals surface area contributed by atoms with Crippen LogP contribution in [0.2, 0.25) is 0 Å². The molecular weight excluding hydrogens is 485 g/mol. The number of rotatable bonds is 6. The summed E-state index contributed by atoms with van der Waals surface area (Å²) in [5, 5.41) is 7.51. The minimum Gasteiger partial charge on any atom is -0.496 e. The van der Waals surface area contributed by atoms with E-state index in [9.17, 15) is 9.18 Å². The van der Waals surface area contributed by atoms with E-state index in [1.807, 2.05) is 40.7 Å². The standard InChI is InChI=1S/C30H26FN3O2S/c1-36-27-17-26-22(19-32-34(26)24-11-9-23(31)10-12-24)16-25(27)30(18-21-6-3-2-4-7-21)13-14-33(20-30)29(35)28-8-5-15-37-28/h2-12,15-17,19H,13-14,18,20H2,1H3. The van der Waals surface area contributed by atoms with Gasteiger partial charge in [-0.3, -0.25) is 4.79 Å². The lowest BCUT2D eigenvalue weighted by molar-refractivity contribution is 0.0787. The summed E-state index contributed by atoms with van der Waals surface area (Å²) in [4.78, 5) is 16.0. The summed E-state index contributed by atoms with van der Waals surface area (Å²) in [6.45, 7) is 1.28. The van der Waals surface area contributed by atoms with Crippen molar-refractivity contribution in [2.75, 3.05) is 20.2 Å². The molecule has 0 N–H and O–H groups in total. The van der Waals surface area contributed by atoms with Gasteiger partial charge < -0.3 is 9.64 Å². The zero-order valence-electron chi connectivity index (χ0n) is 20.4. The zero-order chi connectivity index (χ0) is 25.4. The van der Waals surface area contributed by atoms with Crippen molar-refractivity contribution in [3.63, 3.8) is 0 Å². The van der Waals surface area contributed by atoms with Gasteiger partial charge in [-0.15, -0.1) is 11.3 Å². The molecule has 5 nitrogen and oxygen atoms in total. The molecular formula is C30H26FN3O2S. The molecule has 3 aromatic carbocycles. The highest BCUT2D eigenvalue weighted by molar-refractivity contribution is 7.12. The number of thiophene rings is 1. The third kappa shape index (κ3) is 4.29. The van der Waals surface area contributed by atoms with Crippen molar-refractivity contribution < 1.29 is 13.9 Å². The molecule has 1 aliphatic heterocycles. The lowest BCUT2D eigenvalue weighted by atomic mass is 9.74. The fraction of sp³-hybridized carbons (Fsp3) is 0.200. The van der Waals surface area contributed by atoms with E-state index >= 15 is 0 Å². The van der Waals surface area contributed by atoms with Gasteiger partial charge in [-0.05, 0) is 60.2 Å². The minimum atomic E-state index is -0.314. The Labute approximate surface area is 218 Å². The topological polar surface area (TPSA) is 47.4 Å². The number of hydrogen-bond acceptors (Lipinski definition) is 4. The maximum absolute atomic E-state index is 13.5. The number of ether oxygens (including phenoxy) is 1. The van der Waals surface area contributed by atoms with Crippen LogP contribution < -0.4 is 4.74 Å². The predicted octanol–water partition coefficient (Wildman–Crippen LogP) is 6.26. The van der Waals surface area contributed by atoms with Crippen LogP contribution in [0.15, 0.2) is 90.4 Å². The van der Waals surface area contributed by atoms with Gasteiger partial charge in [-0.2, -0.15) is 5.10 Å². The van der Waals surface area contributed by atoms with E-state index in [2.05, 4.69) is 35.4 Å². The number of hydrogen-bond donors (Lipinski definition) is 0. The van der Waals surface area contributed by atoms with Crippen LogP contribution in [0, 0.1) is 5.82 Å². The highest BCUT2D eigenvalue weighted by Gasteiger charge is 2.43. The number of amides is 1. The maximum atomic E-state index is 13.5. The van der Waals surface area contributed by atoms with E-state index < -0.39 is 0 Å². The molecule has 1 amide bonds. The lowest BCUT2D eigenvalue weighted by Gasteiger charge is -2.32. The Morgan fingerprint density at radius 2 is 1.89 bits per heavy atom. The summed E-state index contributed by atoms with van der Waals surface area (Å²) >= 11 is 1.48. The van der Waals surface area contributed by atoms with Crippen molar-refractivity contribution in [3.05, 3.63) is 112 Å². The number of nitrogens with zero attached hydrogens (tertiary/aromatic N) is 3. The van der Waals surface area contributed by atoms with Crippen molar-refractivity contribution in [1.29, 1.82) is 0 Å². The van der Waals surface area contributed by atoms with Crippen LogP contribution in [0.3, 0.4) is 0 Å². The summed E-state index contributed by atoms with van der Waals surface area (Å²) in [5.74, 6) is 0.553. The van der Waals surface area contributed by atoms with Crippen molar-refractivity contribution in [2.45, 2.75) is 18.3 Å². The summed E-state index contributed by atoms with van der Waals surface area (Å²) in [6.07, 6.45) is 3.45. The highest BCUT2D eigenvalue weighted by Crippen LogP contribution is 2.44. The van der Waals surface area contributed by atoms with Crippen LogP contribution in [-0.4, -0.2) is 40.8 Å². The van der Waals surface area contributed by atoms with Crippen LogP contribution in [0.5, 0.6) is 5.75 Å². The first-order chi connectivity index (χ1) is 18.1. The molecule has 1 fully saturated rings. The number of fused-ring (bicyclic) bond motifs is 1. The Morgan fingerprint density at radius 3 is 2.62 bits per heavy atom. The monoisotopic (exact) mass is 511 g/mol. The smallest absolute Gasteiger partial charge is 0.263 e. The molecule has 2 aromatic heterocycles. The van der Waals surface area contributed by atoms with Gasteiger partial charge in [0.15, 0.2) is 0 Å². The van der Waals surface area contributed by atoms with Crippen LogP contribution in [0.25, 0.3) is 16.6 Å². The van der Waals surface area contributed by atoms with Gasteiger partial charge in [0.1, 0.15) is 11.6 Å². The van der Waals surface area contributed by atoms with E-state index in [-0.39, 0.29) is 17.1 Å². The van der Waals surface area contributed by atoms with E-state index in [1.54, 1.807) is 23.9 Å². The second kappa shape index (κ2) is 9.48. The molecule has 0 saturated carbocycles. The van der Waals surface area contributed by atoms with Gasteiger partial charge >= 0.3 is 0 Å². The molecule has 7 heteroatoms. The van der Waals surface area contributed by atoms with Crippen molar-refractivity contribution in [3.8, 4) is 11.4 Å². The second-order valence-electron chi connectivity index (χ2n) is 9.54. The van der Waals surface area contributed by atoms with Gasteiger partial charge in [-0.1, -0.05) is 36.4 Å². The lowest BCUT2D eigenvalue weighted by Crippen LogP contribution is -2.36. The van der Waals surface area contributed by atoms with E-state index in [4.69, 9.17) is 4.74 Å². The molecule has 1 aliphatic rings. The molecule has 1 atom stereocenters. The average Bonchev–Trinajstić information content (AvgIpc) is 3.69. The molecule has 0 bridgehead atoms. The molecule has 0 spiro atoms. The number of likely N-dealkylation sites (tertiary alicyclic amines) is 1. The zero-order valence-corrected chi connectivity index (χ0v) is 21.2. The maximum Gasteiger partial charge on any atom is 0.263 e. The van der Waals surface area contributed by atoms with Crippen molar-refractivity contribution in [1.82, 2.24) is 14.7 Å². The van der Waals surface area contributed by atoms with Gasteiger partial charge in [0.2, 0.25) is 0 Å². The summed E-state index contributed by atoms with van der Waals surface area (Å²) in [5.41, 5.74) is 3.64. The highest BCUT2D eigenvalue weighted by atomic mass is 32.1. The fourth-order valence-electron chi connectivity index (χ4n) is 5.47. The first-order valence-electron chi connectivity index (χ1n) is 12.3. The Hall–Kier alpha value is -3.97. The van der Waals surface area contributed by atoms with Gasteiger partial charge in [0.05, 0.1) is 29.4 Å².